The van der Waals surface area contributed by atoms with Gasteiger partial charge in [0.05, 0.1) is 6.07 Å². The summed E-state index contributed by atoms with van der Waals surface area (Å²) in [4.78, 5) is 0. The molecule has 2 N–H and O–H groups in total. The number of nitrogens with two attached hydrogens (primary N) is 1. The van der Waals surface area contributed by atoms with E-state index in [0.717, 1.165) is 12.8 Å². The summed E-state index contributed by atoms with van der Waals surface area (Å²) >= 11 is 2.04. The van der Waals surface area contributed by atoms with Crippen molar-refractivity contribution in [3.05, 3.63) is 0 Å². The van der Waals surface area contributed by atoms with Crippen LogP contribution in [-0.2, 0) is 0 Å². The van der Waals surface area contributed by atoms with Gasteiger partial charge in [0.15, 0.2) is 0 Å². The molecule has 0 aromatic rings. The van der Waals surface area contributed by atoms with E-state index in [9.17, 15) is 0 Å². The minimum atomic E-state index is -0.489. The van der Waals surface area contributed by atoms with Crippen LogP contribution in [0.3, 0.4) is 0 Å². The fraction of sp³-hybridized carbons (Fsp3) is 0.875. The molecular formula is C8H12N2S. The zero-order chi connectivity index (χ0) is 7.90. The molecule has 0 radical (unpaired) electrons. The van der Waals surface area contributed by atoms with E-state index in [4.69, 9.17) is 11.0 Å². The van der Waals surface area contributed by atoms with Crippen LogP contribution < -0.4 is 5.73 Å². The first kappa shape index (κ1) is 7.45. The van der Waals surface area contributed by atoms with E-state index in [2.05, 4.69) is 6.07 Å². The Morgan fingerprint density at radius 3 is 2.36 bits per heavy atom. The molecule has 2 unspecified atom stereocenters. The molecule has 0 saturated carbocycles. The molecule has 2 saturated heterocycles. The van der Waals surface area contributed by atoms with Gasteiger partial charge in [-0.2, -0.15) is 17.0 Å². The van der Waals surface area contributed by atoms with Crippen molar-refractivity contribution in [1.29, 1.82) is 5.26 Å². The summed E-state index contributed by atoms with van der Waals surface area (Å²) in [5.74, 6) is 0. The lowest BCUT2D eigenvalue weighted by molar-refractivity contribution is 0.466. The summed E-state index contributed by atoms with van der Waals surface area (Å²) in [6, 6.07) is 2.25. The highest BCUT2D eigenvalue weighted by atomic mass is 32.2. The lowest BCUT2D eigenvalue weighted by Gasteiger charge is -2.30. The predicted molar refractivity (Wildman–Crippen MR) is 46.2 cm³/mol. The predicted octanol–water partition coefficient (Wildman–Crippen LogP) is 1.27. The minimum absolute atomic E-state index is 0.489. The van der Waals surface area contributed by atoms with Gasteiger partial charge in [0, 0.05) is 10.5 Å². The van der Waals surface area contributed by atoms with Crippen molar-refractivity contribution in [2.24, 2.45) is 5.73 Å². The van der Waals surface area contributed by atoms with Gasteiger partial charge >= 0.3 is 0 Å². The van der Waals surface area contributed by atoms with Gasteiger partial charge < -0.3 is 5.73 Å². The molecule has 2 rings (SSSR count). The molecule has 2 atom stereocenters. The first-order chi connectivity index (χ1) is 5.22. The summed E-state index contributed by atoms with van der Waals surface area (Å²) < 4.78 is 0. The van der Waals surface area contributed by atoms with Gasteiger partial charge in [0.25, 0.3) is 0 Å². The molecule has 60 valence electrons. The van der Waals surface area contributed by atoms with Crippen LogP contribution in [0.1, 0.15) is 25.7 Å². The summed E-state index contributed by atoms with van der Waals surface area (Å²) in [5.41, 5.74) is 5.42. The Labute approximate surface area is 71.1 Å². The third-order valence-corrected chi connectivity index (χ3v) is 4.18. The van der Waals surface area contributed by atoms with E-state index < -0.39 is 5.54 Å². The van der Waals surface area contributed by atoms with E-state index >= 15 is 0 Å². The number of fused-ring (bicyclic) bond motifs is 2. The van der Waals surface area contributed by atoms with Crippen molar-refractivity contribution in [2.45, 2.75) is 41.7 Å². The van der Waals surface area contributed by atoms with Crippen molar-refractivity contribution >= 4 is 11.8 Å². The van der Waals surface area contributed by atoms with Crippen LogP contribution in [-0.4, -0.2) is 16.0 Å². The summed E-state index contributed by atoms with van der Waals surface area (Å²) in [6.45, 7) is 0. The number of nitrogens with zero attached hydrogens (tertiary/aromatic N) is 1. The molecule has 2 aliphatic heterocycles. The van der Waals surface area contributed by atoms with Crippen molar-refractivity contribution in [3.8, 4) is 6.07 Å². The Hall–Kier alpha value is -0.200. The van der Waals surface area contributed by atoms with Crippen LogP contribution in [0.5, 0.6) is 0 Å². The molecular weight excluding hydrogens is 156 g/mol. The number of nitriles is 1. The van der Waals surface area contributed by atoms with Gasteiger partial charge in [-0.3, -0.25) is 0 Å². The highest BCUT2D eigenvalue weighted by Crippen LogP contribution is 2.46. The first-order valence-electron chi connectivity index (χ1n) is 4.07. The van der Waals surface area contributed by atoms with Crippen molar-refractivity contribution in [2.75, 3.05) is 0 Å². The Bertz CT molecular complexity index is 197. The molecule has 0 aromatic carbocycles. The van der Waals surface area contributed by atoms with Crippen molar-refractivity contribution in [1.82, 2.24) is 0 Å². The quantitative estimate of drug-likeness (QED) is 0.592. The molecule has 2 heterocycles. The summed E-state index contributed by atoms with van der Waals surface area (Å²) in [7, 11) is 0. The normalized spacial score (nSPS) is 48.7. The van der Waals surface area contributed by atoms with Crippen LogP contribution >= 0.6 is 11.8 Å². The molecule has 0 aromatic heterocycles. The lowest BCUT2D eigenvalue weighted by Crippen LogP contribution is -2.44. The van der Waals surface area contributed by atoms with Crippen molar-refractivity contribution in [3.63, 3.8) is 0 Å². The number of thioether (sulfide) groups is 1. The van der Waals surface area contributed by atoms with E-state index in [1.54, 1.807) is 0 Å². The Kier molecular flexibility index (Phi) is 1.62. The van der Waals surface area contributed by atoms with Gasteiger partial charge in [-0.25, -0.2) is 0 Å². The van der Waals surface area contributed by atoms with Crippen LogP contribution in [0.4, 0.5) is 0 Å². The minimum Gasteiger partial charge on any atom is -0.313 e. The maximum atomic E-state index is 8.83. The molecule has 2 bridgehead atoms. The van der Waals surface area contributed by atoms with E-state index in [0.29, 0.717) is 10.5 Å². The monoisotopic (exact) mass is 168 g/mol. The highest BCUT2D eigenvalue weighted by Gasteiger charge is 2.42. The van der Waals surface area contributed by atoms with E-state index in [-0.39, 0.29) is 0 Å². The lowest BCUT2D eigenvalue weighted by atomic mass is 9.93. The second-order valence-corrected chi connectivity index (χ2v) is 5.24. The smallest absolute Gasteiger partial charge is 0.106 e. The second kappa shape index (κ2) is 2.40. The van der Waals surface area contributed by atoms with Gasteiger partial charge in [0.1, 0.15) is 5.54 Å². The Morgan fingerprint density at radius 2 is 1.91 bits per heavy atom. The van der Waals surface area contributed by atoms with Crippen molar-refractivity contribution < 1.29 is 0 Å². The van der Waals surface area contributed by atoms with Crippen LogP contribution in [0, 0.1) is 11.3 Å². The van der Waals surface area contributed by atoms with Gasteiger partial charge in [0.2, 0.25) is 0 Å². The van der Waals surface area contributed by atoms with Gasteiger partial charge in [-0.05, 0) is 25.7 Å². The van der Waals surface area contributed by atoms with E-state index in [1.807, 2.05) is 11.8 Å². The van der Waals surface area contributed by atoms with Crippen LogP contribution in [0.15, 0.2) is 0 Å². The third kappa shape index (κ3) is 1.25. The Balaban J connectivity index is 2.15. The molecule has 0 amide bonds. The van der Waals surface area contributed by atoms with E-state index in [1.165, 1.54) is 12.8 Å². The number of rotatable bonds is 0. The maximum Gasteiger partial charge on any atom is 0.106 e. The molecule has 2 fully saturated rings. The molecule has 11 heavy (non-hydrogen) atoms. The second-order valence-electron chi connectivity index (χ2n) is 3.63. The summed E-state index contributed by atoms with van der Waals surface area (Å²) in [5, 5.41) is 10.2. The average molecular weight is 168 g/mol. The first-order valence-corrected chi connectivity index (χ1v) is 5.02. The number of hydrogen-bond acceptors (Lipinski definition) is 3. The number of hydrogen-bond donors (Lipinski definition) is 1. The Morgan fingerprint density at radius 1 is 1.36 bits per heavy atom. The zero-order valence-corrected chi connectivity index (χ0v) is 7.23. The highest BCUT2D eigenvalue weighted by molar-refractivity contribution is 8.00. The molecule has 2 nitrogen and oxygen atoms in total. The molecule has 3 heteroatoms. The van der Waals surface area contributed by atoms with Crippen LogP contribution in [0.2, 0.25) is 0 Å². The molecule has 0 spiro atoms. The maximum absolute atomic E-state index is 8.83. The topological polar surface area (TPSA) is 49.8 Å². The standard InChI is InChI=1S/C8H12N2S/c9-5-8(10)3-6-1-2-7(4-8)11-6/h6-7H,1-4,10H2. The average Bonchev–Trinajstić information content (AvgIpc) is 2.31. The largest absolute Gasteiger partial charge is 0.313 e. The third-order valence-electron chi connectivity index (χ3n) is 2.60. The zero-order valence-electron chi connectivity index (χ0n) is 6.42. The SMILES string of the molecule is N#CC1(N)CC2CCC(C1)S2. The summed E-state index contributed by atoms with van der Waals surface area (Å²) in [6.07, 6.45) is 4.36. The van der Waals surface area contributed by atoms with Gasteiger partial charge in [-0.1, -0.05) is 0 Å². The fourth-order valence-corrected chi connectivity index (χ4v) is 3.94. The van der Waals surface area contributed by atoms with Crippen LogP contribution in [0.25, 0.3) is 0 Å². The van der Waals surface area contributed by atoms with Gasteiger partial charge in [-0.15, -0.1) is 0 Å². The fourth-order valence-electron chi connectivity index (χ4n) is 2.07. The molecule has 2 aliphatic rings. The molecule has 0 aliphatic carbocycles.